The van der Waals surface area contributed by atoms with Gasteiger partial charge < -0.3 is 4.90 Å². The van der Waals surface area contributed by atoms with Crippen LogP contribution >= 0.6 is 0 Å². The van der Waals surface area contributed by atoms with Crippen molar-refractivity contribution in [2.75, 3.05) is 20.1 Å². The highest BCUT2D eigenvalue weighted by Gasteiger charge is 2.21. The Morgan fingerprint density at radius 2 is 1.80 bits per heavy atom. The molecule has 88 valence electrons. The maximum absolute atomic E-state index is 11.1. The molecule has 0 aromatic heterocycles. The van der Waals surface area contributed by atoms with Crippen molar-refractivity contribution in [1.82, 2.24) is 4.90 Å². The molecule has 0 heterocycles. The molecule has 0 unspecified atom stereocenters. The van der Waals surface area contributed by atoms with Crippen LogP contribution in [-0.4, -0.2) is 30.8 Å². The number of Topliss-reactive ketones (excluding diaryl/α,β-unsaturated/α-hetero) is 1. The van der Waals surface area contributed by atoms with E-state index in [1.54, 1.807) is 0 Å². The first-order chi connectivity index (χ1) is 6.87. The molecule has 0 spiro atoms. The lowest BCUT2D eigenvalue weighted by Crippen LogP contribution is -2.34. The van der Waals surface area contributed by atoms with Crippen molar-refractivity contribution in [2.24, 2.45) is 11.3 Å². The highest BCUT2D eigenvalue weighted by atomic mass is 16.1. The van der Waals surface area contributed by atoms with Gasteiger partial charge in [-0.1, -0.05) is 20.8 Å². The van der Waals surface area contributed by atoms with E-state index in [9.17, 15) is 4.79 Å². The maximum Gasteiger partial charge on any atom is 0.132 e. The van der Waals surface area contributed by atoms with Crippen LogP contribution in [0.3, 0.4) is 0 Å². The number of carbonyl (C=O) groups excluding carboxylic acids is 1. The molecule has 0 N–H and O–H groups in total. The SMILES string of the molecule is CN(CC1CCC(=O)CC1)CC(C)(C)C. The summed E-state index contributed by atoms with van der Waals surface area (Å²) in [5.74, 6) is 1.21. The molecule has 1 aliphatic carbocycles. The zero-order valence-electron chi connectivity index (χ0n) is 10.7. The van der Waals surface area contributed by atoms with Gasteiger partial charge in [0.15, 0.2) is 0 Å². The van der Waals surface area contributed by atoms with Crippen molar-refractivity contribution >= 4 is 5.78 Å². The Morgan fingerprint density at radius 1 is 1.27 bits per heavy atom. The van der Waals surface area contributed by atoms with Crippen LogP contribution < -0.4 is 0 Å². The van der Waals surface area contributed by atoms with E-state index in [1.807, 2.05) is 0 Å². The summed E-state index contributed by atoms with van der Waals surface area (Å²) in [5.41, 5.74) is 0.374. The summed E-state index contributed by atoms with van der Waals surface area (Å²) in [5, 5.41) is 0. The zero-order chi connectivity index (χ0) is 11.5. The lowest BCUT2D eigenvalue weighted by Gasteiger charge is -2.31. The van der Waals surface area contributed by atoms with Gasteiger partial charge in [0.05, 0.1) is 0 Å². The van der Waals surface area contributed by atoms with Crippen LogP contribution in [0.4, 0.5) is 0 Å². The Balaban J connectivity index is 2.26. The van der Waals surface area contributed by atoms with Crippen LogP contribution in [0.2, 0.25) is 0 Å². The fourth-order valence-corrected chi connectivity index (χ4v) is 2.50. The first-order valence-electron chi connectivity index (χ1n) is 6.07. The smallest absolute Gasteiger partial charge is 0.132 e. The predicted molar refractivity (Wildman–Crippen MR) is 63.9 cm³/mol. The molecule has 1 saturated carbocycles. The van der Waals surface area contributed by atoms with Crippen molar-refractivity contribution in [3.05, 3.63) is 0 Å². The van der Waals surface area contributed by atoms with Gasteiger partial charge in [-0.05, 0) is 31.2 Å². The largest absolute Gasteiger partial charge is 0.306 e. The fraction of sp³-hybridized carbons (Fsp3) is 0.923. The van der Waals surface area contributed by atoms with Crippen LogP contribution in [0.15, 0.2) is 0 Å². The molecule has 0 atom stereocenters. The molecule has 0 saturated heterocycles. The highest BCUT2D eigenvalue weighted by Crippen LogP contribution is 2.23. The second kappa shape index (κ2) is 5.11. The Kier molecular flexibility index (Phi) is 4.32. The molecule has 1 aliphatic rings. The van der Waals surface area contributed by atoms with Crippen molar-refractivity contribution in [1.29, 1.82) is 0 Å². The first-order valence-corrected chi connectivity index (χ1v) is 6.07. The first kappa shape index (κ1) is 12.7. The number of rotatable bonds is 3. The topological polar surface area (TPSA) is 20.3 Å². The normalized spacial score (nSPS) is 19.9. The third-order valence-electron chi connectivity index (χ3n) is 2.98. The Labute approximate surface area is 94.0 Å². The number of ketones is 1. The number of hydrogen-bond donors (Lipinski definition) is 0. The summed E-state index contributed by atoms with van der Waals surface area (Å²) in [4.78, 5) is 13.5. The summed E-state index contributed by atoms with van der Waals surface area (Å²) in [6, 6.07) is 0. The Morgan fingerprint density at radius 3 is 2.27 bits per heavy atom. The molecule has 1 rings (SSSR count). The van der Waals surface area contributed by atoms with Gasteiger partial charge in [-0.2, -0.15) is 0 Å². The molecule has 0 aromatic rings. The standard InChI is InChI=1S/C13H25NO/c1-13(2,3)10-14(4)9-11-5-7-12(15)8-6-11/h11H,5-10H2,1-4H3. The minimum Gasteiger partial charge on any atom is -0.306 e. The van der Waals surface area contributed by atoms with Gasteiger partial charge in [0.2, 0.25) is 0 Å². The third kappa shape index (κ3) is 5.31. The van der Waals surface area contributed by atoms with E-state index in [-0.39, 0.29) is 0 Å². The van der Waals surface area contributed by atoms with Gasteiger partial charge >= 0.3 is 0 Å². The van der Waals surface area contributed by atoms with E-state index >= 15 is 0 Å². The van der Waals surface area contributed by atoms with Crippen molar-refractivity contribution in [3.8, 4) is 0 Å². The van der Waals surface area contributed by atoms with Crippen molar-refractivity contribution < 1.29 is 4.79 Å². The molecule has 0 aromatic carbocycles. The molecule has 0 aliphatic heterocycles. The van der Waals surface area contributed by atoms with Crippen LogP contribution in [-0.2, 0) is 4.79 Å². The lowest BCUT2D eigenvalue weighted by atomic mass is 9.87. The van der Waals surface area contributed by atoms with E-state index in [2.05, 4.69) is 32.7 Å². The molecule has 0 bridgehead atoms. The van der Waals surface area contributed by atoms with Crippen LogP contribution in [0, 0.1) is 11.3 Å². The van der Waals surface area contributed by atoms with E-state index < -0.39 is 0 Å². The maximum atomic E-state index is 11.1. The number of carbonyl (C=O) groups is 1. The van der Waals surface area contributed by atoms with Gasteiger partial charge in [0.1, 0.15) is 5.78 Å². The zero-order valence-corrected chi connectivity index (χ0v) is 10.7. The van der Waals surface area contributed by atoms with Crippen LogP contribution in [0.25, 0.3) is 0 Å². The Hall–Kier alpha value is -0.370. The predicted octanol–water partition coefficient (Wildman–Crippen LogP) is 2.72. The number of nitrogens with zero attached hydrogens (tertiary/aromatic N) is 1. The number of hydrogen-bond acceptors (Lipinski definition) is 2. The average Bonchev–Trinajstić information content (AvgIpc) is 2.05. The highest BCUT2D eigenvalue weighted by molar-refractivity contribution is 5.79. The van der Waals surface area contributed by atoms with E-state index in [4.69, 9.17) is 0 Å². The monoisotopic (exact) mass is 211 g/mol. The van der Waals surface area contributed by atoms with Gasteiger partial charge in [0, 0.05) is 25.9 Å². The van der Waals surface area contributed by atoms with Crippen molar-refractivity contribution in [3.63, 3.8) is 0 Å². The summed E-state index contributed by atoms with van der Waals surface area (Å²) in [6.45, 7) is 9.11. The van der Waals surface area contributed by atoms with E-state index in [1.165, 1.54) is 0 Å². The molecular weight excluding hydrogens is 186 g/mol. The minimum absolute atomic E-state index is 0.374. The quantitative estimate of drug-likeness (QED) is 0.715. The molecule has 0 radical (unpaired) electrons. The molecule has 0 amide bonds. The van der Waals surface area contributed by atoms with Crippen LogP contribution in [0.1, 0.15) is 46.5 Å². The summed E-state index contributed by atoms with van der Waals surface area (Å²) in [6.07, 6.45) is 3.84. The summed E-state index contributed by atoms with van der Waals surface area (Å²) in [7, 11) is 2.20. The summed E-state index contributed by atoms with van der Waals surface area (Å²) < 4.78 is 0. The molecule has 2 heteroatoms. The second-order valence-electron chi connectivity index (χ2n) is 6.24. The van der Waals surface area contributed by atoms with Gasteiger partial charge in [-0.3, -0.25) is 4.79 Å². The lowest BCUT2D eigenvalue weighted by molar-refractivity contribution is -0.121. The van der Waals surface area contributed by atoms with Gasteiger partial charge in [0.25, 0.3) is 0 Å². The fourth-order valence-electron chi connectivity index (χ4n) is 2.50. The van der Waals surface area contributed by atoms with Crippen LogP contribution in [0.5, 0.6) is 0 Å². The molecule has 2 nitrogen and oxygen atoms in total. The summed E-state index contributed by atoms with van der Waals surface area (Å²) >= 11 is 0. The minimum atomic E-state index is 0.374. The van der Waals surface area contributed by atoms with Gasteiger partial charge in [-0.15, -0.1) is 0 Å². The molecule has 1 fully saturated rings. The molecule has 15 heavy (non-hydrogen) atoms. The van der Waals surface area contributed by atoms with Crippen molar-refractivity contribution in [2.45, 2.75) is 46.5 Å². The average molecular weight is 211 g/mol. The van der Waals surface area contributed by atoms with Gasteiger partial charge in [-0.25, -0.2) is 0 Å². The third-order valence-corrected chi connectivity index (χ3v) is 2.98. The Bertz CT molecular complexity index is 207. The van der Waals surface area contributed by atoms with E-state index in [0.717, 1.165) is 44.7 Å². The second-order valence-corrected chi connectivity index (χ2v) is 6.24. The van der Waals surface area contributed by atoms with E-state index in [0.29, 0.717) is 11.2 Å². The molecular formula is C13H25NO.